The van der Waals surface area contributed by atoms with Gasteiger partial charge in [-0.2, -0.15) is 13.2 Å². The lowest BCUT2D eigenvalue weighted by Crippen LogP contribution is -2.09. The summed E-state index contributed by atoms with van der Waals surface area (Å²) in [6.07, 6.45) is -1.37. The van der Waals surface area contributed by atoms with Crippen LogP contribution in [0.25, 0.3) is 0 Å². The van der Waals surface area contributed by atoms with E-state index < -0.39 is 11.7 Å². The average Bonchev–Trinajstić information content (AvgIpc) is 2.75. The van der Waals surface area contributed by atoms with Crippen LogP contribution in [0.2, 0.25) is 0 Å². The number of carbonyl (C=O) groups is 1. The van der Waals surface area contributed by atoms with Crippen LogP contribution in [0.4, 0.5) is 13.2 Å². The van der Waals surface area contributed by atoms with Gasteiger partial charge in [0.1, 0.15) is 5.69 Å². The summed E-state index contributed by atoms with van der Waals surface area (Å²) in [6.45, 7) is 0. The van der Waals surface area contributed by atoms with Crippen molar-refractivity contribution in [3.05, 3.63) is 53.6 Å². The molecule has 19 heavy (non-hydrogen) atoms. The van der Waals surface area contributed by atoms with Gasteiger partial charge in [0.2, 0.25) is 0 Å². The molecule has 0 fully saturated rings. The predicted octanol–water partition coefficient (Wildman–Crippen LogP) is 2.86. The Morgan fingerprint density at radius 1 is 1.26 bits per heavy atom. The first-order valence-electron chi connectivity index (χ1n) is 5.53. The molecule has 3 nitrogen and oxygen atoms in total. The highest BCUT2D eigenvalue weighted by Crippen LogP contribution is 2.29. The van der Waals surface area contributed by atoms with E-state index in [9.17, 15) is 18.0 Å². The Morgan fingerprint density at radius 3 is 2.37 bits per heavy atom. The summed E-state index contributed by atoms with van der Waals surface area (Å²) in [5, 5.41) is 0. The van der Waals surface area contributed by atoms with Crippen molar-refractivity contribution >= 4 is 5.78 Å². The second-order valence-electron chi connectivity index (χ2n) is 4.18. The fraction of sp³-hybridized carbons (Fsp3) is 0.231. The number of ketones is 1. The van der Waals surface area contributed by atoms with Crippen molar-refractivity contribution in [3.63, 3.8) is 0 Å². The first-order chi connectivity index (χ1) is 8.88. The minimum absolute atomic E-state index is 0.0532. The van der Waals surface area contributed by atoms with Gasteiger partial charge in [0, 0.05) is 13.5 Å². The zero-order chi connectivity index (χ0) is 14.0. The molecule has 1 aromatic carbocycles. The third kappa shape index (κ3) is 3.01. The molecule has 0 atom stereocenters. The number of aryl methyl sites for hydroxylation is 1. The van der Waals surface area contributed by atoms with Crippen LogP contribution in [0.3, 0.4) is 0 Å². The SMILES string of the molecule is Cn1cncc1C(=O)Cc1ccc(C(F)(F)F)cc1. The average molecular weight is 268 g/mol. The van der Waals surface area contributed by atoms with Gasteiger partial charge in [-0.1, -0.05) is 12.1 Å². The largest absolute Gasteiger partial charge is 0.416 e. The van der Waals surface area contributed by atoms with Gasteiger partial charge in [-0.05, 0) is 17.7 Å². The molecule has 0 radical (unpaired) electrons. The fourth-order valence-corrected chi connectivity index (χ4v) is 1.71. The van der Waals surface area contributed by atoms with Crippen molar-refractivity contribution in [3.8, 4) is 0 Å². The number of carbonyl (C=O) groups excluding carboxylic acids is 1. The maximum Gasteiger partial charge on any atom is 0.416 e. The van der Waals surface area contributed by atoms with E-state index >= 15 is 0 Å². The number of halogens is 3. The summed E-state index contributed by atoms with van der Waals surface area (Å²) in [5.41, 5.74) is 0.253. The van der Waals surface area contributed by atoms with Crippen molar-refractivity contribution in [2.24, 2.45) is 7.05 Å². The Kier molecular flexibility index (Phi) is 3.42. The van der Waals surface area contributed by atoms with Crippen LogP contribution in [0.5, 0.6) is 0 Å². The van der Waals surface area contributed by atoms with Gasteiger partial charge in [0.25, 0.3) is 0 Å². The van der Waals surface area contributed by atoms with E-state index in [1.54, 1.807) is 11.6 Å². The molecule has 6 heteroatoms. The van der Waals surface area contributed by atoms with Gasteiger partial charge in [0.15, 0.2) is 5.78 Å². The van der Waals surface area contributed by atoms with Crippen molar-refractivity contribution < 1.29 is 18.0 Å². The van der Waals surface area contributed by atoms with E-state index in [4.69, 9.17) is 0 Å². The number of alkyl halides is 3. The van der Waals surface area contributed by atoms with E-state index in [0.717, 1.165) is 12.1 Å². The Labute approximate surface area is 107 Å². The molecule has 0 amide bonds. The smallest absolute Gasteiger partial charge is 0.331 e. The highest BCUT2D eigenvalue weighted by molar-refractivity contribution is 5.95. The van der Waals surface area contributed by atoms with Crippen molar-refractivity contribution in [1.29, 1.82) is 0 Å². The molecule has 0 saturated heterocycles. The van der Waals surface area contributed by atoms with Crippen LogP contribution in [0.1, 0.15) is 21.6 Å². The lowest BCUT2D eigenvalue weighted by molar-refractivity contribution is -0.137. The first-order valence-corrected chi connectivity index (χ1v) is 5.53. The molecule has 0 N–H and O–H groups in total. The monoisotopic (exact) mass is 268 g/mol. The molecule has 0 aliphatic rings. The predicted molar refractivity (Wildman–Crippen MR) is 62.7 cm³/mol. The van der Waals surface area contributed by atoms with Crippen LogP contribution < -0.4 is 0 Å². The minimum atomic E-state index is -4.36. The first kappa shape index (κ1) is 13.3. The lowest BCUT2D eigenvalue weighted by Gasteiger charge is -2.07. The third-order valence-corrected chi connectivity index (χ3v) is 2.75. The van der Waals surface area contributed by atoms with Crippen molar-refractivity contribution in [1.82, 2.24) is 9.55 Å². The summed E-state index contributed by atoms with van der Waals surface area (Å²) in [7, 11) is 1.69. The zero-order valence-corrected chi connectivity index (χ0v) is 10.1. The van der Waals surface area contributed by atoms with Crippen LogP contribution in [0.15, 0.2) is 36.8 Å². The van der Waals surface area contributed by atoms with Gasteiger partial charge in [-0.15, -0.1) is 0 Å². The van der Waals surface area contributed by atoms with E-state index in [-0.39, 0.29) is 12.2 Å². The zero-order valence-electron chi connectivity index (χ0n) is 10.1. The summed E-state index contributed by atoms with van der Waals surface area (Å²) in [4.78, 5) is 15.7. The minimum Gasteiger partial charge on any atom is -0.331 e. The standard InChI is InChI=1S/C13H11F3N2O/c1-18-8-17-7-11(18)12(19)6-9-2-4-10(5-3-9)13(14,15)16/h2-5,7-8H,6H2,1H3. The number of hydrogen-bond donors (Lipinski definition) is 0. The Balaban J connectivity index is 2.12. The van der Waals surface area contributed by atoms with Gasteiger partial charge in [-0.3, -0.25) is 4.79 Å². The maximum absolute atomic E-state index is 12.4. The normalized spacial score (nSPS) is 11.6. The van der Waals surface area contributed by atoms with Crippen molar-refractivity contribution in [2.75, 3.05) is 0 Å². The molecule has 0 aliphatic heterocycles. The topological polar surface area (TPSA) is 34.9 Å². The Bertz CT molecular complexity index is 585. The quantitative estimate of drug-likeness (QED) is 0.802. The molecule has 0 unspecified atom stereocenters. The van der Waals surface area contributed by atoms with Crippen LogP contribution in [-0.4, -0.2) is 15.3 Å². The molecule has 1 heterocycles. The second kappa shape index (κ2) is 4.87. The van der Waals surface area contributed by atoms with Crippen LogP contribution in [0, 0.1) is 0 Å². The summed E-state index contributed by atoms with van der Waals surface area (Å²) < 4.78 is 38.7. The summed E-state index contributed by atoms with van der Waals surface area (Å²) in [6, 6.07) is 4.59. The molecule has 0 saturated carbocycles. The van der Waals surface area contributed by atoms with Gasteiger partial charge in [0.05, 0.1) is 18.1 Å². The number of nitrogens with zero attached hydrogens (tertiary/aromatic N) is 2. The fourth-order valence-electron chi connectivity index (χ4n) is 1.71. The van der Waals surface area contributed by atoms with Gasteiger partial charge >= 0.3 is 6.18 Å². The number of aromatic nitrogens is 2. The number of Topliss-reactive ketones (excluding diaryl/α,β-unsaturated/α-hetero) is 1. The molecule has 2 aromatic rings. The Morgan fingerprint density at radius 2 is 1.89 bits per heavy atom. The molecule has 1 aromatic heterocycles. The highest BCUT2D eigenvalue weighted by Gasteiger charge is 2.30. The number of imidazole rings is 1. The molecule has 0 aliphatic carbocycles. The second-order valence-corrected chi connectivity index (χ2v) is 4.18. The molecular formula is C13H11F3N2O. The number of benzene rings is 1. The van der Waals surface area contributed by atoms with Gasteiger partial charge in [-0.25, -0.2) is 4.98 Å². The van der Waals surface area contributed by atoms with E-state index in [1.807, 2.05) is 0 Å². The van der Waals surface area contributed by atoms with Crippen LogP contribution in [-0.2, 0) is 19.6 Å². The lowest BCUT2D eigenvalue weighted by atomic mass is 10.1. The number of rotatable bonds is 3. The highest BCUT2D eigenvalue weighted by atomic mass is 19.4. The molecule has 0 bridgehead atoms. The van der Waals surface area contributed by atoms with E-state index in [0.29, 0.717) is 11.3 Å². The third-order valence-electron chi connectivity index (χ3n) is 2.75. The molecular weight excluding hydrogens is 257 g/mol. The molecule has 2 rings (SSSR count). The van der Waals surface area contributed by atoms with Crippen molar-refractivity contribution in [2.45, 2.75) is 12.6 Å². The molecule has 0 spiro atoms. The van der Waals surface area contributed by atoms with E-state index in [2.05, 4.69) is 4.98 Å². The maximum atomic E-state index is 12.4. The molecule has 100 valence electrons. The summed E-state index contributed by atoms with van der Waals surface area (Å²) >= 11 is 0. The van der Waals surface area contributed by atoms with E-state index in [1.165, 1.54) is 24.7 Å². The number of hydrogen-bond acceptors (Lipinski definition) is 2. The van der Waals surface area contributed by atoms with Gasteiger partial charge < -0.3 is 4.57 Å². The Hall–Kier alpha value is -2.11. The summed E-state index contributed by atoms with van der Waals surface area (Å²) in [5.74, 6) is -0.181. The van der Waals surface area contributed by atoms with Crippen LogP contribution >= 0.6 is 0 Å².